The van der Waals surface area contributed by atoms with Gasteiger partial charge in [-0.25, -0.2) is 0 Å². The first-order valence-electron chi connectivity index (χ1n) is 8.99. The van der Waals surface area contributed by atoms with Crippen molar-refractivity contribution >= 4 is 0 Å². The first kappa shape index (κ1) is 15.5. The van der Waals surface area contributed by atoms with Crippen LogP contribution in [0.25, 0.3) is 11.1 Å². The molecule has 4 rings (SSSR count). The van der Waals surface area contributed by atoms with Gasteiger partial charge in [0.05, 0.1) is 7.11 Å². The molecule has 0 bridgehead atoms. The van der Waals surface area contributed by atoms with Crippen molar-refractivity contribution < 1.29 is 9.84 Å². The topological polar surface area (TPSA) is 32.7 Å². The van der Waals surface area contributed by atoms with Crippen LogP contribution in [0.4, 0.5) is 0 Å². The van der Waals surface area contributed by atoms with Gasteiger partial charge >= 0.3 is 0 Å². The number of benzene rings is 2. The van der Waals surface area contributed by atoms with Gasteiger partial charge in [0.2, 0.25) is 0 Å². The van der Waals surface area contributed by atoms with Crippen LogP contribution in [0.1, 0.15) is 42.5 Å². The molecule has 3 nitrogen and oxygen atoms in total. The summed E-state index contributed by atoms with van der Waals surface area (Å²) in [5.74, 6) is 1.27. The first-order chi connectivity index (χ1) is 11.7. The Morgan fingerprint density at radius 2 is 2.12 bits per heavy atom. The van der Waals surface area contributed by atoms with Crippen molar-refractivity contribution in [3.63, 3.8) is 0 Å². The normalized spacial score (nSPS) is 18.8. The van der Waals surface area contributed by atoms with Crippen molar-refractivity contribution in [2.24, 2.45) is 0 Å². The Morgan fingerprint density at radius 3 is 2.92 bits per heavy atom. The molecule has 24 heavy (non-hydrogen) atoms. The zero-order chi connectivity index (χ0) is 16.7. The van der Waals surface area contributed by atoms with E-state index in [0.717, 1.165) is 42.8 Å². The van der Waals surface area contributed by atoms with Crippen molar-refractivity contribution in [1.29, 1.82) is 0 Å². The second-order valence-electron chi connectivity index (χ2n) is 6.92. The fourth-order valence-electron chi connectivity index (χ4n) is 4.35. The molecule has 126 valence electrons. The van der Waals surface area contributed by atoms with Crippen LogP contribution < -0.4 is 4.74 Å². The molecule has 0 saturated carbocycles. The third-order valence-electron chi connectivity index (χ3n) is 5.53. The van der Waals surface area contributed by atoms with Crippen LogP contribution >= 0.6 is 0 Å². The molecular formula is C21H25NO2. The molecule has 0 radical (unpaired) electrons. The van der Waals surface area contributed by atoms with Crippen molar-refractivity contribution in [2.75, 3.05) is 20.2 Å². The summed E-state index contributed by atoms with van der Waals surface area (Å²) in [6, 6.07) is 10.6. The lowest BCUT2D eigenvalue weighted by Crippen LogP contribution is -2.39. The summed E-state index contributed by atoms with van der Waals surface area (Å²) in [4.78, 5) is 2.63. The molecule has 1 N–H and O–H groups in total. The van der Waals surface area contributed by atoms with Gasteiger partial charge in [-0.2, -0.15) is 0 Å². The fourth-order valence-corrected chi connectivity index (χ4v) is 4.35. The van der Waals surface area contributed by atoms with Crippen LogP contribution in [-0.2, 0) is 12.8 Å². The summed E-state index contributed by atoms with van der Waals surface area (Å²) in [5, 5.41) is 10.5. The molecule has 0 saturated heterocycles. The zero-order valence-electron chi connectivity index (χ0n) is 14.5. The molecular weight excluding hydrogens is 298 g/mol. The summed E-state index contributed by atoms with van der Waals surface area (Å²) in [5.41, 5.74) is 6.20. The summed E-state index contributed by atoms with van der Waals surface area (Å²) < 4.78 is 5.53. The Balaban J connectivity index is 1.89. The van der Waals surface area contributed by atoms with Gasteiger partial charge in [-0.05, 0) is 66.3 Å². The number of rotatable bonds is 4. The summed E-state index contributed by atoms with van der Waals surface area (Å²) in [7, 11) is 1.72. The first-order valence-corrected chi connectivity index (χ1v) is 8.99. The molecule has 0 aromatic heterocycles. The number of fused-ring (bicyclic) bond motifs is 2. The number of phenols is 1. The Labute approximate surface area is 143 Å². The predicted octanol–water partition coefficient (Wildman–Crippen LogP) is 4.32. The van der Waals surface area contributed by atoms with E-state index in [2.05, 4.69) is 30.0 Å². The van der Waals surface area contributed by atoms with Gasteiger partial charge in [0, 0.05) is 18.2 Å². The number of methoxy groups -OCH3 is 1. The monoisotopic (exact) mass is 323 g/mol. The molecule has 2 aromatic rings. The van der Waals surface area contributed by atoms with E-state index in [1.54, 1.807) is 13.2 Å². The maximum Gasteiger partial charge on any atom is 0.123 e. The minimum absolute atomic E-state index is 0.382. The third kappa shape index (κ3) is 2.39. The lowest BCUT2D eigenvalue weighted by Gasteiger charge is -2.42. The van der Waals surface area contributed by atoms with Crippen LogP contribution in [0.5, 0.6) is 11.5 Å². The van der Waals surface area contributed by atoms with Gasteiger partial charge in [0.25, 0.3) is 0 Å². The van der Waals surface area contributed by atoms with Gasteiger partial charge in [0.15, 0.2) is 0 Å². The van der Waals surface area contributed by atoms with Crippen LogP contribution in [0.15, 0.2) is 30.3 Å². The third-order valence-corrected chi connectivity index (χ3v) is 5.53. The molecule has 1 aliphatic heterocycles. The van der Waals surface area contributed by atoms with Gasteiger partial charge in [-0.1, -0.05) is 25.5 Å². The van der Waals surface area contributed by atoms with Crippen molar-refractivity contribution in [3.8, 4) is 22.6 Å². The summed E-state index contributed by atoms with van der Waals surface area (Å²) >= 11 is 0. The van der Waals surface area contributed by atoms with Gasteiger partial charge in [-0.3, -0.25) is 4.90 Å². The number of phenolic OH excluding ortho intramolecular Hbond substituents is 1. The average molecular weight is 323 g/mol. The summed E-state index contributed by atoms with van der Waals surface area (Å²) in [6.07, 6.45) is 4.51. The van der Waals surface area contributed by atoms with E-state index >= 15 is 0 Å². The van der Waals surface area contributed by atoms with Gasteiger partial charge in [-0.15, -0.1) is 0 Å². The van der Waals surface area contributed by atoms with E-state index in [4.69, 9.17) is 4.74 Å². The summed E-state index contributed by atoms with van der Waals surface area (Å²) in [6.45, 7) is 4.51. The molecule has 1 heterocycles. The SMILES string of the molecule is CCCCN1CCc2cc(OC)cc3c2[C@H]1Cc1cccc(O)c1-3. The van der Waals surface area contributed by atoms with Gasteiger partial charge in [0.1, 0.15) is 11.5 Å². The molecule has 2 aromatic carbocycles. The highest BCUT2D eigenvalue weighted by molar-refractivity contribution is 5.81. The average Bonchev–Trinajstić information content (AvgIpc) is 2.60. The fraction of sp³-hybridized carbons (Fsp3) is 0.429. The minimum Gasteiger partial charge on any atom is -0.507 e. The Bertz CT molecular complexity index is 769. The molecule has 0 unspecified atom stereocenters. The van der Waals surface area contributed by atoms with Crippen molar-refractivity contribution in [3.05, 3.63) is 47.0 Å². The molecule has 2 aliphatic rings. The molecule has 0 fully saturated rings. The molecule has 1 atom stereocenters. The minimum atomic E-state index is 0.382. The maximum absolute atomic E-state index is 10.5. The lowest BCUT2D eigenvalue weighted by atomic mass is 9.76. The number of nitrogens with zero attached hydrogens (tertiary/aromatic N) is 1. The Morgan fingerprint density at radius 1 is 1.25 bits per heavy atom. The van der Waals surface area contributed by atoms with Crippen LogP contribution in [-0.4, -0.2) is 30.2 Å². The number of hydrogen-bond donors (Lipinski definition) is 1. The standard InChI is InChI=1S/C21H25NO2/c1-3-4-9-22-10-8-15-11-16(24-2)13-17-20(15)18(22)12-14-6-5-7-19(23)21(14)17/h5-7,11,13,18,23H,3-4,8-10,12H2,1-2H3/t18-/m1/s1. The second kappa shape index (κ2) is 6.14. The van der Waals surface area contributed by atoms with Crippen LogP contribution in [0.3, 0.4) is 0 Å². The van der Waals surface area contributed by atoms with E-state index in [0.29, 0.717) is 11.8 Å². The van der Waals surface area contributed by atoms with Crippen LogP contribution in [0.2, 0.25) is 0 Å². The molecule has 0 spiro atoms. The quantitative estimate of drug-likeness (QED) is 0.909. The largest absolute Gasteiger partial charge is 0.507 e. The number of hydrogen-bond acceptors (Lipinski definition) is 3. The van der Waals surface area contributed by atoms with E-state index in [9.17, 15) is 5.11 Å². The van der Waals surface area contributed by atoms with Crippen molar-refractivity contribution in [2.45, 2.75) is 38.6 Å². The highest BCUT2D eigenvalue weighted by Gasteiger charge is 2.35. The van der Waals surface area contributed by atoms with Crippen LogP contribution in [0, 0.1) is 0 Å². The number of aromatic hydroxyl groups is 1. The Kier molecular flexibility index (Phi) is 3.97. The second-order valence-corrected chi connectivity index (χ2v) is 6.92. The number of unbranched alkanes of at least 4 members (excludes halogenated alkanes) is 1. The van der Waals surface area contributed by atoms with E-state index in [1.807, 2.05) is 6.07 Å². The predicted molar refractivity (Wildman–Crippen MR) is 96.7 cm³/mol. The number of ether oxygens (including phenoxy) is 1. The van der Waals surface area contributed by atoms with Crippen molar-refractivity contribution in [1.82, 2.24) is 4.90 Å². The Hall–Kier alpha value is -2.00. The van der Waals surface area contributed by atoms with E-state index < -0.39 is 0 Å². The highest BCUT2D eigenvalue weighted by Crippen LogP contribution is 2.49. The lowest BCUT2D eigenvalue weighted by molar-refractivity contribution is 0.179. The molecule has 0 amide bonds. The maximum atomic E-state index is 10.5. The molecule has 1 aliphatic carbocycles. The van der Waals surface area contributed by atoms with E-state index in [1.165, 1.54) is 29.5 Å². The zero-order valence-corrected chi connectivity index (χ0v) is 14.5. The smallest absolute Gasteiger partial charge is 0.123 e. The van der Waals surface area contributed by atoms with Gasteiger partial charge < -0.3 is 9.84 Å². The van der Waals surface area contributed by atoms with E-state index in [-0.39, 0.29) is 0 Å². The molecule has 3 heteroatoms. The highest BCUT2D eigenvalue weighted by atomic mass is 16.5.